The van der Waals surface area contributed by atoms with Crippen LogP contribution < -0.4 is 0 Å². The van der Waals surface area contributed by atoms with Gasteiger partial charge in [-0.05, 0) is 33.3 Å². The molecule has 0 N–H and O–H groups in total. The Hall–Kier alpha value is -1.77. The predicted octanol–water partition coefficient (Wildman–Crippen LogP) is 3.70. The monoisotopic (exact) mass is 232 g/mol. The highest BCUT2D eigenvalue weighted by Crippen LogP contribution is 2.25. The van der Waals surface area contributed by atoms with Crippen molar-refractivity contribution in [3.05, 3.63) is 35.6 Å². The first-order chi connectivity index (χ1) is 7.88. The van der Waals surface area contributed by atoms with Crippen molar-refractivity contribution in [2.24, 2.45) is 0 Å². The van der Waals surface area contributed by atoms with Gasteiger partial charge in [-0.25, -0.2) is 4.79 Å². The number of para-hydroxylation sites is 1. The van der Waals surface area contributed by atoms with Crippen molar-refractivity contribution >= 4 is 16.9 Å². The molecule has 1 heterocycles. The molecule has 0 amide bonds. The van der Waals surface area contributed by atoms with E-state index in [2.05, 4.69) is 0 Å². The van der Waals surface area contributed by atoms with E-state index in [9.17, 15) is 4.79 Å². The summed E-state index contributed by atoms with van der Waals surface area (Å²) < 4.78 is 10.7. The second-order valence-corrected chi connectivity index (χ2v) is 5.10. The quantitative estimate of drug-likeness (QED) is 0.704. The Morgan fingerprint density at radius 1 is 1.29 bits per heavy atom. The Bertz CT molecular complexity index is 558. The molecular formula is C14H16O3. The van der Waals surface area contributed by atoms with Crippen LogP contribution >= 0.6 is 0 Å². The minimum Gasteiger partial charge on any atom is -0.463 e. The van der Waals surface area contributed by atoms with Gasteiger partial charge in [0.05, 0.1) is 0 Å². The zero-order chi connectivity index (χ0) is 12.6. The Labute approximate surface area is 100 Å². The summed E-state index contributed by atoms with van der Waals surface area (Å²) >= 11 is 0. The number of benzene rings is 1. The molecule has 0 saturated carbocycles. The first-order valence-electron chi connectivity index (χ1n) is 5.58. The van der Waals surface area contributed by atoms with Gasteiger partial charge in [-0.1, -0.05) is 18.2 Å². The summed E-state index contributed by atoms with van der Waals surface area (Å²) in [6.45, 7) is 7.49. The van der Waals surface area contributed by atoms with Crippen LogP contribution in [0.1, 0.15) is 36.7 Å². The van der Waals surface area contributed by atoms with Crippen LogP contribution in [0.5, 0.6) is 0 Å². The zero-order valence-electron chi connectivity index (χ0n) is 10.5. The van der Waals surface area contributed by atoms with Crippen molar-refractivity contribution in [2.45, 2.75) is 33.3 Å². The maximum absolute atomic E-state index is 12.0. The Morgan fingerprint density at radius 2 is 2.00 bits per heavy atom. The van der Waals surface area contributed by atoms with Crippen molar-refractivity contribution in [1.29, 1.82) is 0 Å². The van der Waals surface area contributed by atoms with E-state index in [4.69, 9.17) is 9.15 Å². The molecular weight excluding hydrogens is 216 g/mol. The number of hydrogen-bond acceptors (Lipinski definition) is 3. The van der Waals surface area contributed by atoms with Gasteiger partial charge in [0, 0.05) is 5.39 Å². The summed E-state index contributed by atoms with van der Waals surface area (Å²) in [5.74, 6) is -0.346. The summed E-state index contributed by atoms with van der Waals surface area (Å²) in [6, 6.07) is 5.72. The second kappa shape index (κ2) is 3.91. The molecule has 90 valence electrons. The Kier molecular flexibility index (Phi) is 2.69. The minimum absolute atomic E-state index is 0.346. The van der Waals surface area contributed by atoms with Crippen LogP contribution in [0.15, 0.2) is 28.9 Å². The van der Waals surface area contributed by atoms with Gasteiger partial charge in [0.25, 0.3) is 0 Å². The molecule has 0 saturated heterocycles. The zero-order valence-corrected chi connectivity index (χ0v) is 10.5. The van der Waals surface area contributed by atoms with Gasteiger partial charge in [0.1, 0.15) is 23.0 Å². The summed E-state index contributed by atoms with van der Waals surface area (Å²) in [5.41, 5.74) is 1.74. The molecule has 0 fully saturated rings. The van der Waals surface area contributed by atoms with Crippen molar-refractivity contribution in [3.63, 3.8) is 0 Å². The maximum atomic E-state index is 12.0. The summed E-state index contributed by atoms with van der Waals surface area (Å²) in [4.78, 5) is 12.0. The lowest BCUT2D eigenvalue weighted by molar-refractivity contribution is 0.00709. The van der Waals surface area contributed by atoms with E-state index in [-0.39, 0.29) is 5.97 Å². The van der Waals surface area contributed by atoms with Crippen LogP contribution in [0.4, 0.5) is 0 Å². The van der Waals surface area contributed by atoms with Gasteiger partial charge in [0.15, 0.2) is 0 Å². The lowest BCUT2D eigenvalue weighted by Gasteiger charge is -2.18. The Morgan fingerprint density at radius 3 is 2.65 bits per heavy atom. The van der Waals surface area contributed by atoms with E-state index >= 15 is 0 Å². The molecule has 0 aliphatic rings. The van der Waals surface area contributed by atoms with Crippen molar-refractivity contribution in [1.82, 2.24) is 0 Å². The molecule has 2 aromatic rings. The van der Waals surface area contributed by atoms with Gasteiger partial charge < -0.3 is 9.15 Å². The van der Waals surface area contributed by atoms with Crippen LogP contribution in [0.2, 0.25) is 0 Å². The number of hydrogen-bond donors (Lipinski definition) is 0. The third kappa shape index (κ3) is 2.33. The van der Waals surface area contributed by atoms with E-state index in [0.29, 0.717) is 5.56 Å². The lowest BCUT2D eigenvalue weighted by atomic mass is 10.1. The van der Waals surface area contributed by atoms with Gasteiger partial charge in [0.2, 0.25) is 0 Å². The van der Waals surface area contributed by atoms with Crippen molar-refractivity contribution < 1.29 is 13.9 Å². The fraction of sp³-hybridized carbons (Fsp3) is 0.357. The minimum atomic E-state index is -0.496. The molecule has 0 atom stereocenters. The summed E-state index contributed by atoms with van der Waals surface area (Å²) in [6.07, 6.45) is 1.46. The molecule has 3 heteroatoms. The van der Waals surface area contributed by atoms with Crippen LogP contribution in [0, 0.1) is 6.92 Å². The summed E-state index contributed by atoms with van der Waals surface area (Å²) in [5, 5.41) is 0.805. The average molecular weight is 232 g/mol. The van der Waals surface area contributed by atoms with Crippen molar-refractivity contribution in [2.75, 3.05) is 0 Å². The largest absolute Gasteiger partial charge is 0.463 e. The molecule has 0 aliphatic carbocycles. The van der Waals surface area contributed by atoms with Crippen LogP contribution in [0.3, 0.4) is 0 Å². The molecule has 2 rings (SSSR count). The molecule has 3 nitrogen and oxygen atoms in total. The highest BCUT2D eigenvalue weighted by molar-refractivity contribution is 6.03. The summed E-state index contributed by atoms with van der Waals surface area (Å²) in [7, 11) is 0. The molecule has 0 aliphatic heterocycles. The van der Waals surface area contributed by atoms with E-state index in [1.807, 2.05) is 45.9 Å². The van der Waals surface area contributed by atoms with E-state index < -0.39 is 5.60 Å². The third-order valence-corrected chi connectivity index (χ3v) is 2.42. The Balaban J connectivity index is 2.43. The maximum Gasteiger partial charge on any atom is 0.342 e. The first kappa shape index (κ1) is 11.7. The lowest BCUT2D eigenvalue weighted by Crippen LogP contribution is -2.23. The van der Waals surface area contributed by atoms with Gasteiger partial charge in [-0.3, -0.25) is 0 Å². The SMILES string of the molecule is Cc1cccc2c(C(=O)OC(C)(C)C)coc12. The van der Waals surface area contributed by atoms with Crippen molar-refractivity contribution in [3.8, 4) is 0 Å². The van der Waals surface area contributed by atoms with Gasteiger partial charge in [-0.15, -0.1) is 0 Å². The number of rotatable bonds is 1. The van der Waals surface area contributed by atoms with E-state index in [0.717, 1.165) is 16.5 Å². The second-order valence-electron chi connectivity index (χ2n) is 5.10. The normalized spacial score (nSPS) is 11.8. The number of esters is 1. The fourth-order valence-corrected chi connectivity index (χ4v) is 1.69. The first-order valence-corrected chi connectivity index (χ1v) is 5.58. The molecule has 1 aromatic carbocycles. The van der Waals surface area contributed by atoms with Crippen LogP contribution in [-0.2, 0) is 4.74 Å². The number of carbonyl (C=O) groups excluding carboxylic acids is 1. The molecule has 0 spiro atoms. The highest BCUT2D eigenvalue weighted by atomic mass is 16.6. The number of aryl methyl sites for hydroxylation is 1. The number of carbonyl (C=O) groups is 1. The average Bonchev–Trinajstić information content (AvgIpc) is 2.60. The van der Waals surface area contributed by atoms with E-state index in [1.165, 1.54) is 6.26 Å². The fourth-order valence-electron chi connectivity index (χ4n) is 1.69. The topological polar surface area (TPSA) is 39.4 Å². The number of fused-ring (bicyclic) bond motifs is 1. The smallest absolute Gasteiger partial charge is 0.342 e. The van der Waals surface area contributed by atoms with Gasteiger partial charge in [-0.2, -0.15) is 0 Å². The third-order valence-electron chi connectivity index (χ3n) is 2.42. The number of ether oxygens (including phenoxy) is 1. The predicted molar refractivity (Wildman–Crippen MR) is 66.1 cm³/mol. The van der Waals surface area contributed by atoms with Gasteiger partial charge >= 0.3 is 5.97 Å². The van der Waals surface area contributed by atoms with Crippen LogP contribution in [0.25, 0.3) is 11.0 Å². The molecule has 1 aromatic heterocycles. The highest BCUT2D eigenvalue weighted by Gasteiger charge is 2.21. The number of furan rings is 1. The van der Waals surface area contributed by atoms with Crippen LogP contribution in [-0.4, -0.2) is 11.6 Å². The molecule has 0 unspecified atom stereocenters. The molecule has 17 heavy (non-hydrogen) atoms. The standard InChI is InChI=1S/C14H16O3/c1-9-6-5-7-10-11(8-16-12(9)10)13(15)17-14(2,3)4/h5-8H,1-4H3. The van der Waals surface area contributed by atoms with E-state index in [1.54, 1.807) is 0 Å². The molecule has 0 radical (unpaired) electrons. The molecule has 0 bridgehead atoms.